The van der Waals surface area contributed by atoms with Crippen molar-refractivity contribution in [1.29, 1.82) is 0 Å². The van der Waals surface area contributed by atoms with Gasteiger partial charge in [-0.2, -0.15) is 5.10 Å². The van der Waals surface area contributed by atoms with Crippen molar-refractivity contribution >= 4 is 15.9 Å². The van der Waals surface area contributed by atoms with Crippen LogP contribution in [0.25, 0.3) is 0 Å². The summed E-state index contributed by atoms with van der Waals surface area (Å²) in [7, 11) is 2.00. The number of hydrogen-bond acceptors (Lipinski definition) is 2. The summed E-state index contributed by atoms with van der Waals surface area (Å²) in [6, 6.07) is 8.55. The fourth-order valence-corrected chi connectivity index (χ4v) is 3.97. The molecule has 1 heterocycles. The molecule has 3 rings (SSSR count). The molecule has 0 bridgehead atoms. The monoisotopic (exact) mass is 333 g/mol. The molecular weight excluding hydrogens is 314 g/mol. The minimum absolute atomic E-state index is 0.266. The van der Waals surface area contributed by atoms with Gasteiger partial charge in [0, 0.05) is 19.0 Å². The lowest BCUT2D eigenvalue weighted by molar-refractivity contribution is 0.424. The number of hydrogen-bond donors (Lipinski definition) is 1. The summed E-state index contributed by atoms with van der Waals surface area (Å²) in [4.78, 5) is 0. The first-order valence-corrected chi connectivity index (χ1v) is 7.92. The lowest BCUT2D eigenvalue weighted by atomic mass is 9.88. The van der Waals surface area contributed by atoms with Gasteiger partial charge in [0.05, 0.1) is 15.9 Å². The van der Waals surface area contributed by atoms with Crippen LogP contribution in [0.1, 0.15) is 35.9 Å². The molecule has 106 valence electrons. The van der Waals surface area contributed by atoms with Crippen LogP contribution in [0.2, 0.25) is 0 Å². The Kier molecular flexibility index (Phi) is 3.46. The van der Waals surface area contributed by atoms with Gasteiger partial charge in [-0.15, -0.1) is 0 Å². The summed E-state index contributed by atoms with van der Waals surface area (Å²) >= 11 is 3.69. The highest BCUT2D eigenvalue weighted by Crippen LogP contribution is 2.38. The Hall–Kier alpha value is -1.13. The second-order valence-corrected chi connectivity index (χ2v) is 6.47. The average molecular weight is 334 g/mol. The van der Waals surface area contributed by atoms with E-state index in [1.54, 1.807) is 0 Å². The van der Waals surface area contributed by atoms with Crippen molar-refractivity contribution < 1.29 is 0 Å². The van der Waals surface area contributed by atoms with Gasteiger partial charge in [-0.3, -0.25) is 4.68 Å². The van der Waals surface area contributed by atoms with Crippen LogP contribution in [0.5, 0.6) is 0 Å². The molecule has 20 heavy (non-hydrogen) atoms. The van der Waals surface area contributed by atoms with E-state index in [2.05, 4.69) is 52.2 Å². The van der Waals surface area contributed by atoms with Crippen LogP contribution in [-0.2, 0) is 31.8 Å². The standard InChI is InChI=1S/C16H20BrN3/c1-3-13-15(17)14(20(2)19-13)10-16(18)9-8-11-6-4-5-7-12(11)16/h4-7H,3,8-10,18H2,1-2H3. The van der Waals surface area contributed by atoms with Crippen molar-refractivity contribution in [2.75, 3.05) is 0 Å². The van der Waals surface area contributed by atoms with Crippen LogP contribution in [0.3, 0.4) is 0 Å². The SMILES string of the molecule is CCc1nn(C)c(CC2(N)CCc3ccccc32)c1Br. The molecule has 1 unspecified atom stereocenters. The predicted octanol–water partition coefficient (Wildman–Crippen LogP) is 3.09. The highest BCUT2D eigenvalue weighted by molar-refractivity contribution is 9.10. The highest BCUT2D eigenvalue weighted by atomic mass is 79.9. The summed E-state index contributed by atoms with van der Waals surface area (Å²) in [5.41, 5.74) is 11.5. The van der Waals surface area contributed by atoms with E-state index in [0.717, 1.165) is 35.8 Å². The molecule has 0 saturated heterocycles. The Bertz CT molecular complexity index is 647. The van der Waals surface area contributed by atoms with Crippen LogP contribution >= 0.6 is 15.9 Å². The van der Waals surface area contributed by atoms with Crippen molar-refractivity contribution in [3.63, 3.8) is 0 Å². The van der Waals surface area contributed by atoms with Crippen molar-refractivity contribution in [2.24, 2.45) is 12.8 Å². The van der Waals surface area contributed by atoms with Crippen molar-refractivity contribution in [1.82, 2.24) is 9.78 Å². The summed E-state index contributed by atoms with van der Waals surface area (Å²) in [6.45, 7) is 2.12. The van der Waals surface area contributed by atoms with Gasteiger partial charge < -0.3 is 5.73 Å². The quantitative estimate of drug-likeness (QED) is 0.937. The molecule has 1 atom stereocenters. The van der Waals surface area contributed by atoms with E-state index >= 15 is 0 Å². The molecule has 0 amide bonds. The van der Waals surface area contributed by atoms with Crippen LogP contribution in [-0.4, -0.2) is 9.78 Å². The average Bonchev–Trinajstić information content (AvgIpc) is 2.92. The Morgan fingerprint density at radius 1 is 1.40 bits per heavy atom. The van der Waals surface area contributed by atoms with E-state index in [1.807, 2.05) is 11.7 Å². The number of aromatic nitrogens is 2. The van der Waals surface area contributed by atoms with Crippen LogP contribution in [0, 0.1) is 0 Å². The zero-order valence-electron chi connectivity index (χ0n) is 12.0. The molecule has 0 fully saturated rings. The van der Waals surface area contributed by atoms with Gasteiger partial charge in [-0.25, -0.2) is 0 Å². The van der Waals surface area contributed by atoms with Gasteiger partial charge in [0.25, 0.3) is 0 Å². The first kappa shape index (κ1) is 13.8. The smallest absolute Gasteiger partial charge is 0.0766 e. The molecule has 3 nitrogen and oxygen atoms in total. The molecule has 4 heteroatoms. The summed E-state index contributed by atoms with van der Waals surface area (Å²) in [5.74, 6) is 0. The highest BCUT2D eigenvalue weighted by Gasteiger charge is 2.36. The first-order chi connectivity index (χ1) is 9.55. The molecular formula is C16H20BrN3. The third-order valence-corrected chi connectivity index (χ3v) is 5.30. The minimum atomic E-state index is -0.266. The van der Waals surface area contributed by atoms with Crippen molar-refractivity contribution in [3.8, 4) is 0 Å². The Morgan fingerprint density at radius 2 is 2.15 bits per heavy atom. The molecule has 1 aromatic heterocycles. The molecule has 2 aromatic rings. The van der Waals surface area contributed by atoms with E-state index in [9.17, 15) is 0 Å². The summed E-state index contributed by atoms with van der Waals surface area (Å²) in [5, 5.41) is 4.57. The van der Waals surface area contributed by atoms with Gasteiger partial charge in [0.1, 0.15) is 0 Å². The van der Waals surface area contributed by atoms with Crippen molar-refractivity contribution in [3.05, 3.63) is 51.3 Å². The minimum Gasteiger partial charge on any atom is -0.321 e. The lowest BCUT2D eigenvalue weighted by Gasteiger charge is -2.25. The zero-order chi connectivity index (χ0) is 14.3. The first-order valence-electron chi connectivity index (χ1n) is 7.12. The lowest BCUT2D eigenvalue weighted by Crippen LogP contribution is -2.37. The number of fused-ring (bicyclic) bond motifs is 1. The van der Waals surface area contributed by atoms with Gasteiger partial charge in [0.2, 0.25) is 0 Å². The fourth-order valence-electron chi connectivity index (χ4n) is 3.21. The number of benzene rings is 1. The van der Waals surface area contributed by atoms with Gasteiger partial charge in [-0.05, 0) is 46.3 Å². The van der Waals surface area contributed by atoms with Crippen LogP contribution < -0.4 is 5.73 Å². The van der Waals surface area contributed by atoms with E-state index in [1.165, 1.54) is 16.8 Å². The Morgan fingerprint density at radius 3 is 2.85 bits per heavy atom. The molecule has 2 N–H and O–H groups in total. The van der Waals surface area contributed by atoms with Gasteiger partial charge >= 0.3 is 0 Å². The Balaban J connectivity index is 1.98. The molecule has 0 saturated carbocycles. The molecule has 1 aliphatic rings. The normalized spacial score (nSPS) is 21.2. The second kappa shape index (κ2) is 5.01. The molecule has 0 radical (unpaired) electrons. The maximum atomic E-state index is 6.73. The second-order valence-electron chi connectivity index (χ2n) is 5.67. The summed E-state index contributed by atoms with van der Waals surface area (Å²) < 4.78 is 3.09. The summed E-state index contributed by atoms with van der Waals surface area (Å²) in [6.07, 6.45) is 3.84. The van der Waals surface area contributed by atoms with E-state index in [0.29, 0.717) is 0 Å². The largest absolute Gasteiger partial charge is 0.321 e. The number of nitrogens with two attached hydrogens (primary N) is 1. The number of rotatable bonds is 3. The Labute approximate surface area is 128 Å². The topological polar surface area (TPSA) is 43.8 Å². The maximum Gasteiger partial charge on any atom is 0.0766 e. The van der Waals surface area contributed by atoms with Gasteiger partial charge in [-0.1, -0.05) is 31.2 Å². The maximum absolute atomic E-state index is 6.73. The number of halogens is 1. The third kappa shape index (κ3) is 2.11. The van der Waals surface area contributed by atoms with E-state index in [-0.39, 0.29) is 5.54 Å². The van der Waals surface area contributed by atoms with Gasteiger partial charge in [0.15, 0.2) is 0 Å². The molecule has 0 aliphatic heterocycles. The predicted molar refractivity (Wildman–Crippen MR) is 84.6 cm³/mol. The van der Waals surface area contributed by atoms with Crippen LogP contribution in [0.15, 0.2) is 28.7 Å². The van der Waals surface area contributed by atoms with Crippen LogP contribution in [0.4, 0.5) is 0 Å². The fraction of sp³-hybridized carbons (Fsp3) is 0.438. The van der Waals surface area contributed by atoms with E-state index < -0.39 is 0 Å². The molecule has 0 spiro atoms. The number of aryl methyl sites for hydroxylation is 3. The molecule has 1 aromatic carbocycles. The number of nitrogens with zero attached hydrogens (tertiary/aromatic N) is 2. The third-order valence-electron chi connectivity index (χ3n) is 4.38. The van der Waals surface area contributed by atoms with E-state index in [4.69, 9.17) is 5.73 Å². The van der Waals surface area contributed by atoms with Crippen molar-refractivity contribution in [2.45, 2.75) is 38.1 Å². The zero-order valence-corrected chi connectivity index (χ0v) is 13.6. The molecule has 1 aliphatic carbocycles.